The summed E-state index contributed by atoms with van der Waals surface area (Å²) in [6.45, 7) is 0. The van der Waals surface area contributed by atoms with Gasteiger partial charge in [-0.05, 0) is 0 Å². The van der Waals surface area contributed by atoms with Crippen LogP contribution in [0.25, 0.3) is 0 Å². The number of aromatic nitrogens is 1. The maximum atomic E-state index is 12.4. The van der Waals surface area contributed by atoms with Crippen molar-refractivity contribution in [1.82, 2.24) is 4.98 Å². The lowest BCUT2D eigenvalue weighted by Gasteiger charge is -2.12. The van der Waals surface area contributed by atoms with Gasteiger partial charge in [0.25, 0.3) is 0 Å². The van der Waals surface area contributed by atoms with E-state index in [0.29, 0.717) is 12.3 Å². The van der Waals surface area contributed by atoms with Gasteiger partial charge in [-0.15, -0.1) is 0 Å². The first-order chi connectivity index (χ1) is 6.86. The Kier molecular flexibility index (Phi) is 3.20. The molecule has 82 valence electrons. The van der Waals surface area contributed by atoms with E-state index in [1.165, 1.54) is 0 Å². The monoisotopic (exact) mass is 221 g/mol. The van der Waals surface area contributed by atoms with E-state index in [-0.39, 0.29) is 5.88 Å². The molecule has 0 bridgehead atoms. The fourth-order valence-corrected chi connectivity index (χ4v) is 1.01. The van der Waals surface area contributed by atoms with E-state index in [1.54, 1.807) is 0 Å². The van der Waals surface area contributed by atoms with Crippen LogP contribution in [0, 0.1) is 0 Å². The molecule has 1 aromatic rings. The molecule has 8 heteroatoms. The number of hydrogen-bond acceptors (Lipinski definition) is 4. The molecule has 0 aliphatic heterocycles. The molecule has 0 atom stereocenters. The Morgan fingerprint density at radius 1 is 1.40 bits per heavy atom. The Morgan fingerprint density at radius 2 is 2.00 bits per heavy atom. The Morgan fingerprint density at radius 3 is 2.40 bits per heavy atom. The highest BCUT2D eigenvalue weighted by atomic mass is 19.4. The highest BCUT2D eigenvalue weighted by Gasteiger charge is 2.37. The first-order valence-corrected chi connectivity index (χ1v) is 3.83. The fourth-order valence-electron chi connectivity index (χ4n) is 1.01. The van der Waals surface area contributed by atoms with Gasteiger partial charge in [0.15, 0.2) is 0 Å². The lowest BCUT2D eigenvalue weighted by Crippen LogP contribution is -2.36. The predicted molar refractivity (Wildman–Crippen MR) is 45.6 cm³/mol. The largest absolute Gasteiger partial charge is 0.490 e. The maximum Gasteiger partial charge on any atom is 0.490 e. The number of nitrogens with zero attached hydrogens (tertiary/aromatic N) is 1. The lowest BCUT2D eigenvalue weighted by atomic mass is 9.78. The lowest BCUT2D eigenvalue weighted by molar-refractivity contribution is -0.137. The number of ether oxygens (including phenoxy) is 1. The zero-order valence-corrected chi connectivity index (χ0v) is 7.62. The molecule has 0 spiro atoms. The van der Waals surface area contributed by atoms with Gasteiger partial charge in [-0.2, -0.15) is 13.2 Å². The van der Waals surface area contributed by atoms with Crippen molar-refractivity contribution >= 4 is 12.6 Å². The Bertz CT molecular complexity index is 356. The highest BCUT2D eigenvalue weighted by Crippen LogP contribution is 2.29. The summed E-state index contributed by atoms with van der Waals surface area (Å²) in [6, 6.07) is 0.606. The molecule has 0 amide bonds. The van der Waals surface area contributed by atoms with Crippen LogP contribution in [0.15, 0.2) is 12.3 Å². The van der Waals surface area contributed by atoms with Crippen molar-refractivity contribution in [1.29, 1.82) is 0 Å². The number of hydrogen-bond donors (Lipinski definition) is 2. The van der Waals surface area contributed by atoms with Gasteiger partial charge in [0.2, 0.25) is 5.88 Å². The van der Waals surface area contributed by atoms with Crippen LogP contribution < -0.4 is 10.2 Å². The second kappa shape index (κ2) is 4.07. The summed E-state index contributed by atoms with van der Waals surface area (Å²) in [5, 5.41) is 17.4. The molecular weight excluding hydrogens is 214 g/mol. The fraction of sp³-hybridized carbons (Fsp3) is 0.286. The molecule has 4 nitrogen and oxygen atoms in total. The van der Waals surface area contributed by atoms with Crippen LogP contribution in [0.1, 0.15) is 5.56 Å². The quantitative estimate of drug-likeness (QED) is 0.678. The summed E-state index contributed by atoms with van der Waals surface area (Å²) in [5.41, 5.74) is -1.88. The van der Waals surface area contributed by atoms with Gasteiger partial charge in [-0.25, -0.2) is 4.98 Å². The van der Waals surface area contributed by atoms with Crippen LogP contribution in [0.2, 0.25) is 0 Å². The molecule has 2 N–H and O–H groups in total. The number of rotatable bonds is 2. The van der Waals surface area contributed by atoms with Crippen LogP contribution in [0.5, 0.6) is 5.88 Å². The summed E-state index contributed by atoms with van der Waals surface area (Å²) >= 11 is 0. The zero-order chi connectivity index (χ0) is 11.6. The van der Waals surface area contributed by atoms with Crippen molar-refractivity contribution in [3.8, 4) is 5.88 Å². The Labute approximate surface area is 83.5 Å². The Balaban J connectivity index is 3.29. The van der Waals surface area contributed by atoms with Crippen LogP contribution in [0.4, 0.5) is 13.2 Å². The van der Waals surface area contributed by atoms with Gasteiger partial charge in [0.1, 0.15) is 0 Å². The molecule has 0 fully saturated rings. The van der Waals surface area contributed by atoms with Crippen molar-refractivity contribution in [2.45, 2.75) is 6.18 Å². The van der Waals surface area contributed by atoms with E-state index in [2.05, 4.69) is 9.72 Å². The number of pyridine rings is 1. The van der Waals surface area contributed by atoms with Gasteiger partial charge in [-0.3, -0.25) is 0 Å². The average molecular weight is 221 g/mol. The number of halogens is 3. The smallest absolute Gasteiger partial charge is 0.481 e. The van der Waals surface area contributed by atoms with Crippen molar-refractivity contribution in [2.75, 3.05) is 7.11 Å². The van der Waals surface area contributed by atoms with E-state index in [4.69, 9.17) is 10.0 Å². The molecule has 0 aromatic carbocycles. The molecule has 0 saturated heterocycles. The van der Waals surface area contributed by atoms with E-state index in [0.717, 1.165) is 7.11 Å². The van der Waals surface area contributed by atoms with E-state index in [9.17, 15) is 13.2 Å². The van der Waals surface area contributed by atoms with E-state index >= 15 is 0 Å². The molecular formula is C7H7BF3NO3. The van der Waals surface area contributed by atoms with Crippen molar-refractivity contribution in [2.24, 2.45) is 0 Å². The second-order valence-electron chi connectivity index (χ2n) is 2.69. The molecule has 15 heavy (non-hydrogen) atoms. The highest BCUT2D eigenvalue weighted by molar-refractivity contribution is 6.59. The summed E-state index contributed by atoms with van der Waals surface area (Å²) < 4.78 is 41.8. The van der Waals surface area contributed by atoms with Crippen LogP contribution in [-0.4, -0.2) is 29.3 Å². The topological polar surface area (TPSA) is 62.6 Å². The minimum Gasteiger partial charge on any atom is -0.481 e. The minimum atomic E-state index is -4.69. The van der Waals surface area contributed by atoms with Gasteiger partial charge in [0, 0.05) is 17.7 Å². The first kappa shape index (κ1) is 11.8. The van der Waals surface area contributed by atoms with Crippen LogP contribution in [-0.2, 0) is 6.18 Å². The van der Waals surface area contributed by atoms with Gasteiger partial charge >= 0.3 is 13.3 Å². The summed E-state index contributed by atoms with van der Waals surface area (Å²) in [5.74, 6) is -0.244. The second-order valence-corrected chi connectivity index (χ2v) is 2.69. The standard InChI is InChI=1S/C7H7BF3NO3/c1-15-6-2-4(7(9,10)11)5(3-12-6)8(13)14/h2-3,13-14H,1H3. The van der Waals surface area contributed by atoms with E-state index in [1.807, 2.05) is 0 Å². The molecule has 1 rings (SSSR count). The summed E-state index contributed by atoms with van der Waals surface area (Å²) in [6.07, 6.45) is -3.97. The third-order valence-corrected chi connectivity index (χ3v) is 1.70. The molecule has 0 unspecified atom stereocenters. The molecule has 0 radical (unpaired) electrons. The zero-order valence-electron chi connectivity index (χ0n) is 7.62. The Hall–Kier alpha value is -1.28. The predicted octanol–water partition coefficient (Wildman–Crippen LogP) is -0.211. The molecule has 0 aliphatic rings. The van der Waals surface area contributed by atoms with Gasteiger partial charge in [-0.1, -0.05) is 0 Å². The molecule has 1 heterocycles. The third kappa shape index (κ3) is 2.60. The van der Waals surface area contributed by atoms with Crippen LogP contribution >= 0.6 is 0 Å². The average Bonchev–Trinajstić information content (AvgIpc) is 2.15. The third-order valence-electron chi connectivity index (χ3n) is 1.70. The van der Waals surface area contributed by atoms with Crippen LogP contribution in [0.3, 0.4) is 0 Å². The molecule has 0 aliphatic carbocycles. The first-order valence-electron chi connectivity index (χ1n) is 3.83. The normalized spacial score (nSPS) is 11.3. The van der Waals surface area contributed by atoms with Gasteiger partial charge in [0.05, 0.1) is 12.7 Å². The summed E-state index contributed by atoms with van der Waals surface area (Å²) in [4.78, 5) is 3.45. The van der Waals surface area contributed by atoms with E-state index < -0.39 is 24.3 Å². The SMILES string of the molecule is COc1cc(C(F)(F)F)c(B(O)O)cn1. The number of methoxy groups -OCH3 is 1. The van der Waals surface area contributed by atoms with Crippen molar-refractivity contribution in [3.63, 3.8) is 0 Å². The summed E-state index contributed by atoms with van der Waals surface area (Å²) in [7, 11) is -1.06. The molecule has 0 saturated carbocycles. The van der Waals surface area contributed by atoms with Crippen molar-refractivity contribution < 1.29 is 28.0 Å². The minimum absolute atomic E-state index is 0.244. The maximum absolute atomic E-state index is 12.4. The molecule has 1 aromatic heterocycles. The van der Waals surface area contributed by atoms with Crippen molar-refractivity contribution in [3.05, 3.63) is 17.8 Å². The van der Waals surface area contributed by atoms with Gasteiger partial charge < -0.3 is 14.8 Å². The number of alkyl halides is 3.